The first kappa shape index (κ1) is 27.1. The van der Waals surface area contributed by atoms with Crippen molar-refractivity contribution in [2.24, 2.45) is 0 Å². The second kappa shape index (κ2) is 12.4. The molecule has 186 valence electrons. The van der Waals surface area contributed by atoms with Crippen LogP contribution in [0.4, 0.5) is 10.1 Å². The lowest BCUT2D eigenvalue weighted by molar-refractivity contribution is -0.140. The van der Waals surface area contributed by atoms with Crippen molar-refractivity contribution in [3.8, 4) is 5.75 Å². The van der Waals surface area contributed by atoms with E-state index in [2.05, 4.69) is 5.32 Å². The fraction of sp³-hybridized carbons (Fsp3) is 0.417. The van der Waals surface area contributed by atoms with E-state index in [1.165, 1.54) is 36.3 Å². The van der Waals surface area contributed by atoms with E-state index in [-0.39, 0.29) is 12.5 Å². The van der Waals surface area contributed by atoms with Crippen molar-refractivity contribution < 1.29 is 27.1 Å². The van der Waals surface area contributed by atoms with Crippen LogP contribution in [0.25, 0.3) is 0 Å². The molecule has 0 saturated carbocycles. The van der Waals surface area contributed by atoms with Crippen LogP contribution >= 0.6 is 0 Å². The minimum atomic E-state index is -3.82. The van der Waals surface area contributed by atoms with Gasteiger partial charge in [-0.05, 0) is 54.8 Å². The van der Waals surface area contributed by atoms with Crippen LogP contribution in [-0.2, 0) is 26.2 Å². The standard InChI is InChI=1S/C24H32FN3O5S/c1-5-15-26-24(30)22(6-2)27(16-18-7-9-19(25)10-8-18)23(29)17-28(34(4,31)32)20-11-13-21(33-3)14-12-20/h7-14,22H,5-6,15-17H2,1-4H3,(H,26,30). The van der Waals surface area contributed by atoms with Gasteiger partial charge in [0.2, 0.25) is 21.8 Å². The molecule has 0 aromatic heterocycles. The van der Waals surface area contributed by atoms with Crippen LogP contribution < -0.4 is 14.4 Å². The second-order valence-electron chi connectivity index (χ2n) is 7.83. The van der Waals surface area contributed by atoms with Gasteiger partial charge in [0, 0.05) is 13.1 Å². The van der Waals surface area contributed by atoms with Crippen LogP contribution in [0.15, 0.2) is 48.5 Å². The molecule has 2 aromatic carbocycles. The molecule has 34 heavy (non-hydrogen) atoms. The Kier molecular flexibility index (Phi) is 9.85. The predicted molar refractivity (Wildman–Crippen MR) is 130 cm³/mol. The zero-order valence-corrected chi connectivity index (χ0v) is 20.8. The number of ether oxygens (including phenoxy) is 1. The number of carbonyl (C=O) groups excluding carboxylic acids is 2. The summed E-state index contributed by atoms with van der Waals surface area (Å²) in [5.74, 6) is -0.753. The Bertz CT molecular complexity index is 1060. The van der Waals surface area contributed by atoms with E-state index in [0.29, 0.717) is 30.0 Å². The largest absolute Gasteiger partial charge is 0.497 e. The fourth-order valence-corrected chi connectivity index (χ4v) is 4.28. The molecule has 2 amide bonds. The number of rotatable bonds is 12. The van der Waals surface area contributed by atoms with E-state index in [0.717, 1.165) is 17.0 Å². The summed E-state index contributed by atoms with van der Waals surface area (Å²) >= 11 is 0. The summed E-state index contributed by atoms with van der Waals surface area (Å²) in [6.45, 7) is 3.68. The minimum absolute atomic E-state index is 0.0252. The van der Waals surface area contributed by atoms with Crippen LogP contribution in [0, 0.1) is 5.82 Å². The average Bonchev–Trinajstić information content (AvgIpc) is 2.81. The first-order chi connectivity index (χ1) is 16.1. The number of hydrogen-bond acceptors (Lipinski definition) is 5. The highest BCUT2D eigenvalue weighted by molar-refractivity contribution is 7.92. The van der Waals surface area contributed by atoms with Crippen molar-refractivity contribution in [2.45, 2.75) is 39.3 Å². The smallest absolute Gasteiger partial charge is 0.244 e. The Morgan fingerprint density at radius 3 is 2.18 bits per heavy atom. The van der Waals surface area contributed by atoms with E-state index in [9.17, 15) is 22.4 Å². The number of amides is 2. The van der Waals surface area contributed by atoms with Gasteiger partial charge in [-0.3, -0.25) is 13.9 Å². The molecule has 0 spiro atoms. The van der Waals surface area contributed by atoms with Gasteiger partial charge in [-0.1, -0.05) is 26.0 Å². The third kappa shape index (κ3) is 7.44. The summed E-state index contributed by atoms with van der Waals surface area (Å²) in [4.78, 5) is 27.7. The molecule has 10 heteroatoms. The number of nitrogens with one attached hydrogen (secondary N) is 1. The highest BCUT2D eigenvalue weighted by atomic mass is 32.2. The van der Waals surface area contributed by atoms with Gasteiger partial charge in [0.1, 0.15) is 24.2 Å². The molecule has 1 unspecified atom stereocenters. The zero-order valence-electron chi connectivity index (χ0n) is 20.0. The number of methoxy groups -OCH3 is 1. The monoisotopic (exact) mass is 493 g/mol. The Hall–Kier alpha value is -3.14. The van der Waals surface area contributed by atoms with E-state index < -0.39 is 34.3 Å². The molecule has 1 N–H and O–H groups in total. The van der Waals surface area contributed by atoms with E-state index >= 15 is 0 Å². The van der Waals surface area contributed by atoms with E-state index in [4.69, 9.17) is 4.74 Å². The molecular formula is C24H32FN3O5S. The van der Waals surface area contributed by atoms with Crippen molar-refractivity contribution in [2.75, 3.05) is 30.8 Å². The van der Waals surface area contributed by atoms with E-state index in [1.807, 2.05) is 6.92 Å². The predicted octanol–water partition coefficient (Wildman–Crippen LogP) is 2.93. The van der Waals surface area contributed by atoms with E-state index in [1.54, 1.807) is 31.2 Å². The first-order valence-electron chi connectivity index (χ1n) is 11.0. The fourth-order valence-electron chi connectivity index (χ4n) is 3.43. The molecular weight excluding hydrogens is 461 g/mol. The molecule has 2 rings (SSSR count). The van der Waals surface area contributed by atoms with Gasteiger partial charge in [0.15, 0.2) is 0 Å². The second-order valence-corrected chi connectivity index (χ2v) is 9.74. The summed E-state index contributed by atoms with van der Waals surface area (Å²) in [7, 11) is -2.32. The third-order valence-corrected chi connectivity index (χ3v) is 6.38. The van der Waals surface area contributed by atoms with Crippen LogP contribution in [0.3, 0.4) is 0 Å². The number of hydrogen-bond donors (Lipinski definition) is 1. The van der Waals surface area contributed by atoms with Gasteiger partial charge < -0.3 is 15.0 Å². The lowest BCUT2D eigenvalue weighted by Gasteiger charge is -2.32. The molecule has 0 bridgehead atoms. The summed E-state index contributed by atoms with van der Waals surface area (Å²) < 4.78 is 44.6. The Balaban J connectivity index is 2.40. The highest BCUT2D eigenvalue weighted by Crippen LogP contribution is 2.22. The maximum atomic E-state index is 13.5. The van der Waals surface area contributed by atoms with Crippen molar-refractivity contribution >= 4 is 27.5 Å². The number of halogens is 1. The van der Waals surface area contributed by atoms with Crippen molar-refractivity contribution in [3.63, 3.8) is 0 Å². The van der Waals surface area contributed by atoms with Gasteiger partial charge in [-0.2, -0.15) is 0 Å². The SMILES string of the molecule is CCCNC(=O)C(CC)N(Cc1ccc(F)cc1)C(=O)CN(c1ccc(OC)cc1)S(C)(=O)=O. The van der Waals surface area contributed by atoms with Crippen molar-refractivity contribution in [1.82, 2.24) is 10.2 Å². The maximum Gasteiger partial charge on any atom is 0.244 e. The zero-order chi connectivity index (χ0) is 25.3. The van der Waals surface area contributed by atoms with Crippen molar-refractivity contribution in [3.05, 3.63) is 59.9 Å². The molecule has 8 nitrogen and oxygen atoms in total. The maximum absolute atomic E-state index is 13.5. The Morgan fingerprint density at radius 1 is 1.06 bits per heavy atom. The summed E-state index contributed by atoms with van der Waals surface area (Å²) in [6, 6.07) is 11.1. The molecule has 0 radical (unpaired) electrons. The van der Waals surface area contributed by atoms with Crippen LogP contribution in [0.1, 0.15) is 32.3 Å². The number of nitrogens with zero attached hydrogens (tertiary/aromatic N) is 2. The van der Waals surface area contributed by atoms with Crippen LogP contribution in [0.5, 0.6) is 5.75 Å². The summed E-state index contributed by atoms with van der Waals surface area (Å²) in [6.07, 6.45) is 2.07. The number of anilines is 1. The molecule has 0 aliphatic heterocycles. The topological polar surface area (TPSA) is 96.0 Å². The Morgan fingerprint density at radius 2 is 1.68 bits per heavy atom. The average molecular weight is 494 g/mol. The van der Waals surface area contributed by atoms with Gasteiger partial charge >= 0.3 is 0 Å². The molecule has 0 heterocycles. The summed E-state index contributed by atoms with van der Waals surface area (Å²) in [5, 5.41) is 2.80. The lowest BCUT2D eigenvalue weighted by atomic mass is 10.1. The Labute approximate surface area is 200 Å². The molecule has 2 aromatic rings. The number of carbonyl (C=O) groups is 2. The quantitative estimate of drug-likeness (QED) is 0.491. The number of sulfonamides is 1. The molecule has 0 aliphatic carbocycles. The third-order valence-electron chi connectivity index (χ3n) is 5.24. The molecule has 0 aliphatic rings. The molecule has 0 saturated heterocycles. The first-order valence-corrected chi connectivity index (χ1v) is 12.9. The van der Waals surface area contributed by atoms with Gasteiger partial charge in [-0.25, -0.2) is 12.8 Å². The highest BCUT2D eigenvalue weighted by Gasteiger charge is 2.31. The molecule has 0 fully saturated rings. The lowest BCUT2D eigenvalue weighted by Crippen LogP contribution is -2.52. The van der Waals surface area contributed by atoms with Gasteiger partial charge in [0.05, 0.1) is 19.1 Å². The van der Waals surface area contributed by atoms with Crippen molar-refractivity contribution in [1.29, 1.82) is 0 Å². The normalized spacial score (nSPS) is 12.0. The van der Waals surface area contributed by atoms with Gasteiger partial charge in [-0.15, -0.1) is 0 Å². The van der Waals surface area contributed by atoms with Crippen LogP contribution in [-0.4, -0.2) is 57.6 Å². The van der Waals surface area contributed by atoms with Crippen LogP contribution in [0.2, 0.25) is 0 Å². The number of benzene rings is 2. The van der Waals surface area contributed by atoms with Gasteiger partial charge in [0.25, 0.3) is 0 Å². The minimum Gasteiger partial charge on any atom is -0.497 e. The summed E-state index contributed by atoms with van der Waals surface area (Å²) in [5.41, 5.74) is 0.911. The molecule has 1 atom stereocenters.